The third-order valence-corrected chi connectivity index (χ3v) is 2.68. The van der Waals surface area contributed by atoms with Crippen LogP contribution in [-0.4, -0.2) is 17.1 Å². The first-order valence-electron chi connectivity index (χ1n) is 4.81. The fourth-order valence-corrected chi connectivity index (χ4v) is 1.94. The van der Waals surface area contributed by atoms with E-state index in [1.165, 1.54) is 12.8 Å². The van der Waals surface area contributed by atoms with Crippen molar-refractivity contribution in [1.82, 2.24) is 9.97 Å². The molecule has 0 amide bonds. The number of hydrogen-bond acceptors (Lipinski definition) is 3. The van der Waals surface area contributed by atoms with Gasteiger partial charge in [-0.3, -0.25) is 0 Å². The second kappa shape index (κ2) is 3.79. The molecule has 1 unspecified atom stereocenters. The summed E-state index contributed by atoms with van der Waals surface area (Å²) < 4.78 is 6.07. The highest BCUT2D eigenvalue weighted by Gasteiger charge is 2.33. The summed E-state index contributed by atoms with van der Waals surface area (Å²) >= 11 is 5.07. The minimum absolute atomic E-state index is 0.0941. The summed E-state index contributed by atoms with van der Waals surface area (Å²) in [7, 11) is 1.73. The first-order chi connectivity index (χ1) is 6.70. The SMILES string of the molecule is COC(c1nc(=S)cc(C)[nH]1)C1CC1. The molecular weight excluding hydrogens is 196 g/mol. The van der Waals surface area contributed by atoms with Gasteiger partial charge in [0.05, 0.1) is 0 Å². The number of nitrogens with zero attached hydrogens (tertiary/aromatic N) is 1. The Hall–Kier alpha value is -0.740. The van der Waals surface area contributed by atoms with Gasteiger partial charge in [0.1, 0.15) is 16.6 Å². The number of aromatic nitrogens is 2. The van der Waals surface area contributed by atoms with Crippen molar-refractivity contribution in [2.75, 3.05) is 7.11 Å². The lowest BCUT2D eigenvalue weighted by Gasteiger charge is -2.13. The highest BCUT2D eigenvalue weighted by atomic mass is 32.1. The molecule has 1 atom stereocenters. The summed E-state index contributed by atoms with van der Waals surface area (Å²) in [4.78, 5) is 7.52. The Morgan fingerprint density at radius 1 is 1.64 bits per heavy atom. The van der Waals surface area contributed by atoms with Crippen LogP contribution in [-0.2, 0) is 4.74 Å². The van der Waals surface area contributed by atoms with Gasteiger partial charge in [0, 0.05) is 12.8 Å². The van der Waals surface area contributed by atoms with E-state index in [2.05, 4.69) is 9.97 Å². The maximum atomic E-state index is 5.43. The Bertz CT molecular complexity index is 384. The molecule has 1 aromatic rings. The summed E-state index contributed by atoms with van der Waals surface area (Å²) in [6, 6.07) is 1.86. The normalized spacial score (nSPS) is 18.1. The summed E-state index contributed by atoms with van der Waals surface area (Å²) in [5.41, 5.74) is 1.04. The number of aryl methyl sites for hydroxylation is 1. The summed E-state index contributed by atoms with van der Waals surface area (Å²) in [5.74, 6) is 1.50. The lowest BCUT2D eigenvalue weighted by atomic mass is 10.2. The largest absolute Gasteiger partial charge is 0.373 e. The van der Waals surface area contributed by atoms with E-state index in [1.54, 1.807) is 7.11 Å². The summed E-state index contributed by atoms with van der Waals surface area (Å²) in [6.07, 6.45) is 2.56. The zero-order valence-corrected chi connectivity index (χ0v) is 9.23. The van der Waals surface area contributed by atoms with Crippen LogP contribution in [0.2, 0.25) is 0 Å². The van der Waals surface area contributed by atoms with E-state index in [1.807, 2.05) is 13.0 Å². The predicted molar refractivity (Wildman–Crippen MR) is 56.6 cm³/mol. The van der Waals surface area contributed by atoms with Crippen LogP contribution in [0.3, 0.4) is 0 Å². The van der Waals surface area contributed by atoms with Gasteiger partial charge < -0.3 is 9.72 Å². The first kappa shape index (κ1) is 9.80. The monoisotopic (exact) mass is 210 g/mol. The quantitative estimate of drug-likeness (QED) is 0.779. The number of hydrogen-bond donors (Lipinski definition) is 1. The van der Waals surface area contributed by atoms with Crippen LogP contribution in [0.5, 0.6) is 0 Å². The van der Waals surface area contributed by atoms with E-state index in [9.17, 15) is 0 Å². The second-order valence-electron chi connectivity index (χ2n) is 3.78. The Morgan fingerprint density at radius 3 is 2.86 bits per heavy atom. The molecule has 1 aromatic heterocycles. The number of H-pyrrole nitrogens is 1. The molecule has 0 saturated heterocycles. The van der Waals surface area contributed by atoms with Crippen LogP contribution in [0.15, 0.2) is 6.07 Å². The van der Waals surface area contributed by atoms with Gasteiger partial charge in [-0.1, -0.05) is 12.2 Å². The van der Waals surface area contributed by atoms with E-state index >= 15 is 0 Å². The van der Waals surface area contributed by atoms with Gasteiger partial charge in [-0.05, 0) is 31.7 Å². The number of aromatic amines is 1. The standard InChI is InChI=1S/C10H14N2OS/c1-6-5-8(14)12-10(11-6)9(13-2)7-3-4-7/h5,7,9H,3-4H2,1-2H3,(H,11,12,14). The van der Waals surface area contributed by atoms with Crippen LogP contribution in [0.4, 0.5) is 0 Å². The molecule has 0 bridgehead atoms. The Balaban J connectivity index is 2.33. The van der Waals surface area contributed by atoms with Crippen LogP contribution in [0, 0.1) is 17.5 Å². The summed E-state index contributed by atoms with van der Waals surface area (Å²) in [5, 5.41) is 0. The van der Waals surface area contributed by atoms with E-state index in [-0.39, 0.29) is 6.10 Å². The lowest BCUT2D eigenvalue weighted by molar-refractivity contribution is 0.0769. The molecule has 14 heavy (non-hydrogen) atoms. The molecular formula is C10H14N2OS. The Kier molecular flexibility index (Phi) is 2.65. The minimum atomic E-state index is 0.0941. The molecule has 1 saturated carbocycles. The average molecular weight is 210 g/mol. The Labute approximate surface area is 88.5 Å². The van der Waals surface area contributed by atoms with Crippen LogP contribution in [0.1, 0.15) is 30.5 Å². The zero-order chi connectivity index (χ0) is 10.1. The van der Waals surface area contributed by atoms with E-state index in [0.29, 0.717) is 10.6 Å². The minimum Gasteiger partial charge on any atom is -0.373 e. The van der Waals surface area contributed by atoms with Crippen molar-refractivity contribution in [1.29, 1.82) is 0 Å². The number of methoxy groups -OCH3 is 1. The molecule has 4 heteroatoms. The molecule has 0 aromatic carbocycles. The van der Waals surface area contributed by atoms with Gasteiger partial charge in [-0.15, -0.1) is 0 Å². The fourth-order valence-electron chi connectivity index (χ4n) is 1.66. The van der Waals surface area contributed by atoms with Crippen molar-refractivity contribution in [2.45, 2.75) is 25.9 Å². The van der Waals surface area contributed by atoms with E-state index < -0.39 is 0 Å². The van der Waals surface area contributed by atoms with E-state index in [0.717, 1.165) is 11.5 Å². The molecule has 0 aliphatic heterocycles. The fraction of sp³-hybridized carbons (Fsp3) is 0.600. The van der Waals surface area contributed by atoms with Crippen molar-refractivity contribution in [3.05, 3.63) is 22.2 Å². The third-order valence-electron chi connectivity index (χ3n) is 2.47. The van der Waals surface area contributed by atoms with Gasteiger partial charge in [-0.25, -0.2) is 4.98 Å². The van der Waals surface area contributed by atoms with Gasteiger partial charge in [0.25, 0.3) is 0 Å². The molecule has 1 N–H and O–H groups in total. The maximum absolute atomic E-state index is 5.43. The molecule has 0 spiro atoms. The number of nitrogens with one attached hydrogen (secondary N) is 1. The maximum Gasteiger partial charge on any atom is 0.137 e. The molecule has 1 aliphatic rings. The van der Waals surface area contributed by atoms with Crippen LogP contribution < -0.4 is 0 Å². The molecule has 3 nitrogen and oxygen atoms in total. The molecule has 0 radical (unpaired) electrons. The highest BCUT2D eigenvalue weighted by molar-refractivity contribution is 7.71. The lowest BCUT2D eigenvalue weighted by Crippen LogP contribution is -2.09. The van der Waals surface area contributed by atoms with Crippen molar-refractivity contribution in [3.8, 4) is 0 Å². The Morgan fingerprint density at radius 2 is 2.36 bits per heavy atom. The molecule has 2 rings (SSSR count). The smallest absolute Gasteiger partial charge is 0.137 e. The van der Waals surface area contributed by atoms with Gasteiger partial charge >= 0.3 is 0 Å². The third kappa shape index (κ3) is 2.01. The van der Waals surface area contributed by atoms with Gasteiger partial charge in [0.15, 0.2) is 0 Å². The van der Waals surface area contributed by atoms with Crippen molar-refractivity contribution in [2.24, 2.45) is 5.92 Å². The van der Waals surface area contributed by atoms with Gasteiger partial charge in [0.2, 0.25) is 0 Å². The molecule has 76 valence electrons. The number of rotatable bonds is 3. The summed E-state index contributed by atoms with van der Waals surface area (Å²) in [6.45, 7) is 1.99. The molecule has 1 fully saturated rings. The first-order valence-corrected chi connectivity index (χ1v) is 5.22. The average Bonchev–Trinajstić information content (AvgIpc) is 2.87. The molecule has 1 heterocycles. The van der Waals surface area contributed by atoms with Crippen molar-refractivity contribution < 1.29 is 4.74 Å². The second-order valence-corrected chi connectivity index (χ2v) is 4.20. The topological polar surface area (TPSA) is 37.9 Å². The van der Waals surface area contributed by atoms with Crippen LogP contribution in [0.25, 0.3) is 0 Å². The van der Waals surface area contributed by atoms with E-state index in [4.69, 9.17) is 17.0 Å². The predicted octanol–water partition coefficient (Wildman–Crippen LogP) is 2.55. The molecule has 1 aliphatic carbocycles. The van der Waals surface area contributed by atoms with Crippen LogP contribution >= 0.6 is 12.2 Å². The highest BCUT2D eigenvalue weighted by Crippen LogP contribution is 2.41. The van der Waals surface area contributed by atoms with Gasteiger partial charge in [-0.2, -0.15) is 0 Å². The van der Waals surface area contributed by atoms with Crippen molar-refractivity contribution in [3.63, 3.8) is 0 Å². The van der Waals surface area contributed by atoms with Crippen molar-refractivity contribution >= 4 is 12.2 Å². The zero-order valence-electron chi connectivity index (χ0n) is 8.41. The number of ether oxygens (including phenoxy) is 1.